The van der Waals surface area contributed by atoms with Crippen LogP contribution in [-0.4, -0.2) is 23.9 Å². The topological polar surface area (TPSA) is 20.3 Å². The summed E-state index contributed by atoms with van der Waals surface area (Å²) in [5.41, 5.74) is 2.30. The fraction of sp³-hybridized carbons (Fsp3) is 0.500. The molecule has 0 saturated carbocycles. The van der Waals surface area contributed by atoms with Crippen molar-refractivity contribution in [2.75, 3.05) is 13.1 Å². The van der Waals surface area contributed by atoms with Gasteiger partial charge in [-0.15, -0.1) is 0 Å². The SMILES string of the molecule is Cc1cc(CC(=O)N2CCCCC2)ccc1Br. The van der Waals surface area contributed by atoms with Crippen LogP contribution in [0.3, 0.4) is 0 Å². The zero-order valence-electron chi connectivity index (χ0n) is 10.2. The summed E-state index contributed by atoms with van der Waals surface area (Å²) in [5, 5.41) is 0. The highest BCUT2D eigenvalue weighted by Gasteiger charge is 2.16. The molecular weight excluding hydrogens is 278 g/mol. The molecule has 1 aliphatic rings. The van der Waals surface area contributed by atoms with E-state index in [1.54, 1.807) is 0 Å². The van der Waals surface area contributed by atoms with Gasteiger partial charge in [0.05, 0.1) is 6.42 Å². The lowest BCUT2D eigenvalue weighted by Gasteiger charge is -2.26. The number of carbonyl (C=O) groups excluding carboxylic acids is 1. The second-order valence-electron chi connectivity index (χ2n) is 4.70. The van der Waals surface area contributed by atoms with E-state index in [9.17, 15) is 4.79 Å². The number of halogens is 1. The molecule has 0 bridgehead atoms. The van der Waals surface area contributed by atoms with Crippen LogP contribution in [0.25, 0.3) is 0 Å². The van der Waals surface area contributed by atoms with Crippen LogP contribution in [0.2, 0.25) is 0 Å². The maximum atomic E-state index is 12.1. The van der Waals surface area contributed by atoms with Gasteiger partial charge in [0.2, 0.25) is 5.91 Å². The fourth-order valence-corrected chi connectivity index (χ4v) is 2.49. The van der Waals surface area contributed by atoms with Crippen molar-refractivity contribution in [2.24, 2.45) is 0 Å². The standard InChI is InChI=1S/C14H18BrNO/c1-11-9-12(5-6-13(11)15)10-14(17)16-7-3-2-4-8-16/h5-6,9H,2-4,7-8,10H2,1H3. The number of nitrogens with zero attached hydrogens (tertiary/aromatic N) is 1. The summed E-state index contributed by atoms with van der Waals surface area (Å²) in [6.45, 7) is 3.93. The van der Waals surface area contributed by atoms with Crippen molar-refractivity contribution in [1.29, 1.82) is 0 Å². The minimum atomic E-state index is 0.270. The van der Waals surface area contributed by atoms with E-state index in [2.05, 4.69) is 28.9 Å². The summed E-state index contributed by atoms with van der Waals surface area (Å²) in [6, 6.07) is 6.14. The molecule has 1 amide bonds. The molecule has 3 heteroatoms. The van der Waals surface area contributed by atoms with E-state index in [1.807, 2.05) is 17.0 Å². The normalized spacial score (nSPS) is 16.0. The van der Waals surface area contributed by atoms with Crippen molar-refractivity contribution in [3.05, 3.63) is 33.8 Å². The van der Waals surface area contributed by atoms with Gasteiger partial charge in [0, 0.05) is 17.6 Å². The summed E-state index contributed by atoms with van der Waals surface area (Å²) < 4.78 is 1.10. The smallest absolute Gasteiger partial charge is 0.226 e. The molecule has 1 heterocycles. The van der Waals surface area contributed by atoms with E-state index in [4.69, 9.17) is 0 Å². The molecule has 1 aliphatic heterocycles. The summed E-state index contributed by atoms with van der Waals surface area (Å²) >= 11 is 3.48. The number of benzene rings is 1. The summed E-state index contributed by atoms with van der Waals surface area (Å²) in [6.07, 6.45) is 4.12. The average molecular weight is 296 g/mol. The first-order valence-corrected chi connectivity index (χ1v) is 6.99. The number of piperidine rings is 1. The van der Waals surface area contributed by atoms with Gasteiger partial charge in [0.1, 0.15) is 0 Å². The molecule has 0 spiro atoms. The lowest BCUT2D eigenvalue weighted by molar-refractivity contribution is -0.131. The molecule has 0 aliphatic carbocycles. The molecule has 0 unspecified atom stereocenters. The third-order valence-corrected chi connectivity index (χ3v) is 4.18. The van der Waals surface area contributed by atoms with Crippen LogP contribution in [-0.2, 0) is 11.2 Å². The molecule has 17 heavy (non-hydrogen) atoms. The average Bonchev–Trinajstić information content (AvgIpc) is 2.35. The maximum absolute atomic E-state index is 12.1. The Kier molecular flexibility index (Phi) is 4.21. The van der Waals surface area contributed by atoms with Gasteiger partial charge in [-0.25, -0.2) is 0 Å². The highest BCUT2D eigenvalue weighted by atomic mass is 79.9. The lowest BCUT2D eigenvalue weighted by Crippen LogP contribution is -2.36. The van der Waals surface area contributed by atoms with Crippen molar-refractivity contribution in [2.45, 2.75) is 32.6 Å². The second-order valence-corrected chi connectivity index (χ2v) is 5.56. The van der Waals surface area contributed by atoms with Crippen molar-refractivity contribution >= 4 is 21.8 Å². The predicted octanol–water partition coefficient (Wildman–Crippen LogP) is 3.31. The Labute approximate surface area is 111 Å². The van der Waals surface area contributed by atoms with E-state index < -0.39 is 0 Å². The molecular formula is C14H18BrNO. The molecule has 1 saturated heterocycles. The van der Waals surface area contributed by atoms with Crippen molar-refractivity contribution in [3.63, 3.8) is 0 Å². The van der Waals surface area contributed by atoms with Crippen LogP contribution < -0.4 is 0 Å². The van der Waals surface area contributed by atoms with Crippen LogP contribution in [0.4, 0.5) is 0 Å². The largest absolute Gasteiger partial charge is 0.342 e. The van der Waals surface area contributed by atoms with E-state index in [0.29, 0.717) is 6.42 Å². The molecule has 1 aromatic carbocycles. The van der Waals surface area contributed by atoms with Crippen LogP contribution in [0, 0.1) is 6.92 Å². The highest BCUT2D eigenvalue weighted by molar-refractivity contribution is 9.10. The van der Waals surface area contributed by atoms with Gasteiger partial charge >= 0.3 is 0 Å². The molecule has 0 N–H and O–H groups in total. The van der Waals surface area contributed by atoms with Gasteiger partial charge in [-0.2, -0.15) is 0 Å². The van der Waals surface area contributed by atoms with Crippen molar-refractivity contribution < 1.29 is 4.79 Å². The van der Waals surface area contributed by atoms with E-state index in [1.165, 1.54) is 12.0 Å². The molecule has 1 fully saturated rings. The van der Waals surface area contributed by atoms with Gasteiger partial charge in [-0.05, 0) is 43.4 Å². The molecule has 0 atom stereocenters. The summed E-state index contributed by atoms with van der Waals surface area (Å²) in [7, 11) is 0. The van der Waals surface area contributed by atoms with Crippen LogP contribution >= 0.6 is 15.9 Å². The quantitative estimate of drug-likeness (QED) is 0.820. The van der Waals surface area contributed by atoms with Gasteiger partial charge in [-0.1, -0.05) is 28.1 Å². The van der Waals surface area contributed by atoms with Gasteiger partial charge in [-0.3, -0.25) is 4.79 Å². The highest BCUT2D eigenvalue weighted by Crippen LogP contribution is 2.18. The number of hydrogen-bond donors (Lipinski definition) is 0. The molecule has 1 aromatic rings. The van der Waals surface area contributed by atoms with E-state index >= 15 is 0 Å². The second kappa shape index (κ2) is 5.67. The Morgan fingerprint density at radius 2 is 2.00 bits per heavy atom. The monoisotopic (exact) mass is 295 g/mol. The van der Waals surface area contributed by atoms with Gasteiger partial charge < -0.3 is 4.90 Å². The van der Waals surface area contributed by atoms with Gasteiger partial charge in [0.15, 0.2) is 0 Å². The first-order chi connectivity index (χ1) is 8.16. The Balaban J connectivity index is 1.99. The lowest BCUT2D eigenvalue weighted by atomic mass is 10.1. The third-order valence-electron chi connectivity index (χ3n) is 3.29. The Bertz CT molecular complexity index is 411. The zero-order chi connectivity index (χ0) is 12.3. The third kappa shape index (κ3) is 3.32. The Morgan fingerprint density at radius 1 is 1.29 bits per heavy atom. The molecule has 92 valence electrons. The van der Waals surface area contributed by atoms with Crippen molar-refractivity contribution in [1.82, 2.24) is 4.90 Å². The molecule has 0 radical (unpaired) electrons. The first kappa shape index (κ1) is 12.6. The van der Waals surface area contributed by atoms with Gasteiger partial charge in [0.25, 0.3) is 0 Å². The minimum Gasteiger partial charge on any atom is -0.342 e. The Hall–Kier alpha value is -0.830. The van der Waals surface area contributed by atoms with Crippen LogP contribution in [0.15, 0.2) is 22.7 Å². The fourth-order valence-electron chi connectivity index (χ4n) is 2.25. The maximum Gasteiger partial charge on any atom is 0.226 e. The van der Waals surface area contributed by atoms with E-state index in [0.717, 1.165) is 36.0 Å². The van der Waals surface area contributed by atoms with E-state index in [-0.39, 0.29) is 5.91 Å². The zero-order valence-corrected chi connectivity index (χ0v) is 11.8. The van der Waals surface area contributed by atoms with Crippen molar-refractivity contribution in [3.8, 4) is 0 Å². The summed E-state index contributed by atoms with van der Waals surface area (Å²) in [4.78, 5) is 14.1. The number of aryl methyl sites for hydroxylation is 1. The number of hydrogen-bond acceptors (Lipinski definition) is 1. The number of rotatable bonds is 2. The number of likely N-dealkylation sites (tertiary alicyclic amines) is 1. The molecule has 2 nitrogen and oxygen atoms in total. The number of amides is 1. The summed E-state index contributed by atoms with van der Waals surface area (Å²) in [5.74, 6) is 0.270. The molecule has 2 rings (SSSR count). The first-order valence-electron chi connectivity index (χ1n) is 6.19. The number of carbonyl (C=O) groups is 1. The molecule has 0 aromatic heterocycles. The Morgan fingerprint density at radius 3 is 2.65 bits per heavy atom. The van der Waals surface area contributed by atoms with Crippen LogP contribution in [0.1, 0.15) is 30.4 Å². The minimum absolute atomic E-state index is 0.270. The predicted molar refractivity (Wildman–Crippen MR) is 73.0 cm³/mol. The van der Waals surface area contributed by atoms with Crippen LogP contribution in [0.5, 0.6) is 0 Å².